The number of nitrogens with zero attached hydrogens (tertiary/aromatic N) is 3. The molecule has 0 saturated heterocycles. The molecule has 12 heteroatoms. The summed E-state index contributed by atoms with van der Waals surface area (Å²) in [6, 6.07) is 7.96. The van der Waals surface area contributed by atoms with Gasteiger partial charge in [0.1, 0.15) is 11.6 Å². The zero-order valence-electron chi connectivity index (χ0n) is 21.7. The molecule has 2 heterocycles. The SMILES string of the molecule is CCCCCc1nc(C)c2c(=O)[nH]c(-c3cc(S(=O)(=O)Nc4ccc(OC)c(F)c4)ccc3OCC)nn12. The summed E-state index contributed by atoms with van der Waals surface area (Å²) in [6.45, 7) is 5.95. The lowest BCUT2D eigenvalue weighted by molar-refractivity contribution is 0.341. The molecule has 0 amide bonds. The van der Waals surface area contributed by atoms with Crippen LogP contribution in [0.2, 0.25) is 0 Å². The summed E-state index contributed by atoms with van der Waals surface area (Å²) in [4.78, 5) is 20.2. The molecule has 0 unspecified atom stereocenters. The van der Waals surface area contributed by atoms with Crippen molar-refractivity contribution in [1.82, 2.24) is 19.6 Å². The van der Waals surface area contributed by atoms with Crippen molar-refractivity contribution in [2.75, 3.05) is 18.4 Å². The maximum absolute atomic E-state index is 14.1. The molecular formula is C26H30FN5O5S. The minimum Gasteiger partial charge on any atom is -0.494 e. The van der Waals surface area contributed by atoms with Crippen molar-refractivity contribution >= 4 is 21.2 Å². The van der Waals surface area contributed by atoms with Crippen molar-refractivity contribution in [3.05, 3.63) is 64.1 Å². The van der Waals surface area contributed by atoms with Gasteiger partial charge in [-0.3, -0.25) is 9.52 Å². The highest BCUT2D eigenvalue weighted by Gasteiger charge is 2.21. The smallest absolute Gasteiger partial charge is 0.277 e. The Hall–Kier alpha value is -3.93. The van der Waals surface area contributed by atoms with Gasteiger partial charge in [-0.15, -0.1) is 5.10 Å². The van der Waals surface area contributed by atoms with Crippen LogP contribution in [0.25, 0.3) is 16.9 Å². The second-order valence-corrected chi connectivity index (χ2v) is 10.4. The van der Waals surface area contributed by atoms with Crippen LogP contribution in [0.1, 0.15) is 44.6 Å². The van der Waals surface area contributed by atoms with Crippen molar-refractivity contribution in [3.8, 4) is 22.9 Å². The third kappa shape index (κ3) is 5.49. The molecule has 202 valence electrons. The Morgan fingerprint density at radius 2 is 1.87 bits per heavy atom. The Kier molecular flexibility index (Phi) is 8.00. The lowest BCUT2D eigenvalue weighted by Crippen LogP contribution is -2.17. The summed E-state index contributed by atoms with van der Waals surface area (Å²) in [5, 5.41) is 4.63. The van der Waals surface area contributed by atoms with Crippen LogP contribution in [0.3, 0.4) is 0 Å². The van der Waals surface area contributed by atoms with E-state index in [2.05, 4.69) is 26.7 Å². The first kappa shape index (κ1) is 27.1. The number of ether oxygens (including phenoxy) is 2. The van der Waals surface area contributed by atoms with Gasteiger partial charge < -0.3 is 14.5 Å². The molecular weight excluding hydrogens is 513 g/mol. The number of fused-ring (bicyclic) bond motifs is 1. The first-order valence-corrected chi connectivity index (χ1v) is 13.8. The fourth-order valence-electron chi connectivity index (χ4n) is 4.14. The van der Waals surface area contributed by atoms with Crippen molar-refractivity contribution in [1.29, 1.82) is 0 Å². The molecule has 38 heavy (non-hydrogen) atoms. The quantitative estimate of drug-likeness (QED) is 0.267. The number of halogens is 1. The molecule has 0 aliphatic rings. The summed E-state index contributed by atoms with van der Waals surface area (Å²) < 4.78 is 55.0. The number of unbranched alkanes of at least 4 members (excludes halogenated alkanes) is 2. The van der Waals surface area contributed by atoms with Crippen LogP contribution >= 0.6 is 0 Å². The number of anilines is 1. The number of methoxy groups -OCH3 is 1. The van der Waals surface area contributed by atoms with Gasteiger partial charge in [0.05, 0.1) is 35.6 Å². The zero-order chi connectivity index (χ0) is 27.4. The topological polar surface area (TPSA) is 128 Å². The van der Waals surface area contributed by atoms with Crippen molar-refractivity contribution in [2.45, 2.75) is 51.3 Å². The van der Waals surface area contributed by atoms with Gasteiger partial charge in [0.15, 0.2) is 22.9 Å². The van der Waals surface area contributed by atoms with Gasteiger partial charge >= 0.3 is 0 Å². The van der Waals surface area contributed by atoms with E-state index in [4.69, 9.17) is 9.47 Å². The van der Waals surface area contributed by atoms with E-state index in [1.54, 1.807) is 13.8 Å². The average Bonchev–Trinajstić information content (AvgIpc) is 3.20. The molecule has 0 atom stereocenters. The minimum atomic E-state index is -4.14. The van der Waals surface area contributed by atoms with E-state index in [0.29, 0.717) is 35.8 Å². The number of sulfonamides is 1. The molecule has 0 bridgehead atoms. The van der Waals surface area contributed by atoms with E-state index >= 15 is 0 Å². The molecule has 4 rings (SSSR count). The lowest BCUT2D eigenvalue weighted by atomic mass is 10.2. The number of aromatic amines is 1. The van der Waals surface area contributed by atoms with Gasteiger partial charge in [-0.05, 0) is 50.6 Å². The van der Waals surface area contributed by atoms with E-state index in [1.807, 2.05) is 0 Å². The number of rotatable bonds is 11. The first-order chi connectivity index (χ1) is 18.2. The lowest BCUT2D eigenvalue weighted by Gasteiger charge is -2.14. The van der Waals surface area contributed by atoms with Crippen LogP contribution in [0, 0.1) is 12.7 Å². The fourth-order valence-corrected chi connectivity index (χ4v) is 5.21. The van der Waals surface area contributed by atoms with Gasteiger partial charge in [-0.2, -0.15) is 0 Å². The van der Waals surface area contributed by atoms with Crippen LogP contribution < -0.4 is 19.8 Å². The summed E-state index contributed by atoms with van der Waals surface area (Å²) >= 11 is 0. The van der Waals surface area contributed by atoms with Crippen LogP contribution in [-0.4, -0.2) is 41.7 Å². The first-order valence-electron chi connectivity index (χ1n) is 12.3. The number of hydrogen-bond donors (Lipinski definition) is 2. The molecule has 0 fully saturated rings. The third-order valence-electron chi connectivity index (χ3n) is 5.97. The highest BCUT2D eigenvalue weighted by atomic mass is 32.2. The Morgan fingerprint density at radius 1 is 1.11 bits per heavy atom. The Labute approximate surface area is 219 Å². The summed E-state index contributed by atoms with van der Waals surface area (Å²) in [6.07, 6.45) is 3.60. The minimum absolute atomic E-state index is 0.00877. The number of benzene rings is 2. The van der Waals surface area contributed by atoms with Crippen LogP contribution in [0.4, 0.5) is 10.1 Å². The molecule has 10 nitrogen and oxygen atoms in total. The van der Waals surface area contributed by atoms with Gasteiger partial charge in [-0.25, -0.2) is 22.3 Å². The number of imidazole rings is 1. The van der Waals surface area contributed by atoms with Gasteiger partial charge in [0, 0.05) is 12.5 Å². The number of aryl methyl sites for hydroxylation is 2. The molecule has 2 N–H and O–H groups in total. The number of aromatic nitrogens is 4. The largest absolute Gasteiger partial charge is 0.494 e. The van der Waals surface area contributed by atoms with Gasteiger partial charge in [0.2, 0.25) is 0 Å². The maximum atomic E-state index is 14.1. The Morgan fingerprint density at radius 3 is 2.55 bits per heavy atom. The summed E-state index contributed by atoms with van der Waals surface area (Å²) in [5.41, 5.74) is 0.807. The molecule has 0 radical (unpaired) electrons. The van der Waals surface area contributed by atoms with Crippen molar-refractivity contribution in [2.24, 2.45) is 0 Å². The second kappa shape index (κ2) is 11.2. The molecule has 4 aromatic rings. The van der Waals surface area contributed by atoms with E-state index in [9.17, 15) is 17.6 Å². The molecule has 0 aliphatic heterocycles. The molecule has 0 spiro atoms. The maximum Gasteiger partial charge on any atom is 0.277 e. The standard InChI is InChI=1S/C26H30FN5O5S/c1-5-7-8-9-23-28-16(3)24-26(33)29-25(30-32(23)24)19-15-18(11-13-21(19)37-6-2)38(34,35)31-17-10-12-22(36-4)20(27)14-17/h10-15,31H,5-9H2,1-4H3,(H,29,30,33). The summed E-state index contributed by atoms with van der Waals surface area (Å²) in [5.74, 6) is 0.413. The van der Waals surface area contributed by atoms with E-state index < -0.39 is 21.4 Å². The monoisotopic (exact) mass is 543 g/mol. The number of hydrogen-bond acceptors (Lipinski definition) is 7. The highest BCUT2D eigenvalue weighted by Crippen LogP contribution is 2.31. The second-order valence-electron chi connectivity index (χ2n) is 8.68. The molecule has 2 aromatic carbocycles. The summed E-state index contributed by atoms with van der Waals surface area (Å²) in [7, 11) is -2.82. The van der Waals surface area contributed by atoms with Crippen molar-refractivity contribution < 1.29 is 22.3 Å². The van der Waals surface area contributed by atoms with Crippen molar-refractivity contribution in [3.63, 3.8) is 0 Å². The molecule has 2 aromatic heterocycles. The normalized spacial score (nSPS) is 11.6. The Balaban J connectivity index is 1.79. The number of H-pyrrole nitrogens is 1. The van der Waals surface area contributed by atoms with E-state index in [0.717, 1.165) is 25.3 Å². The van der Waals surface area contributed by atoms with Gasteiger partial charge in [-0.1, -0.05) is 19.8 Å². The predicted molar refractivity (Wildman–Crippen MR) is 142 cm³/mol. The average molecular weight is 544 g/mol. The number of nitrogens with one attached hydrogen (secondary N) is 2. The molecule has 0 aliphatic carbocycles. The Bertz CT molecular complexity index is 1630. The van der Waals surface area contributed by atoms with Gasteiger partial charge in [0.25, 0.3) is 15.6 Å². The van der Waals surface area contributed by atoms with Crippen LogP contribution in [0.5, 0.6) is 11.5 Å². The predicted octanol–water partition coefficient (Wildman–Crippen LogP) is 4.47. The highest BCUT2D eigenvalue weighted by molar-refractivity contribution is 7.92. The zero-order valence-corrected chi connectivity index (χ0v) is 22.5. The third-order valence-corrected chi connectivity index (χ3v) is 7.35. The van der Waals surface area contributed by atoms with E-state index in [-0.39, 0.29) is 27.7 Å². The fraction of sp³-hybridized carbons (Fsp3) is 0.346. The van der Waals surface area contributed by atoms with Crippen LogP contribution in [0.15, 0.2) is 46.1 Å². The van der Waals surface area contributed by atoms with E-state index in [1.165, 1.54) is 42.0 Å². The molecule has 0 saturated carbocycles. The van der Waals surface area contributed by atoms with Crippen LogP contribution in [-0.2, 0) is 16.4 Å².